The molecule has 0 aliphatic carbocycles. The molecule has 4 nitrogen and oxygen atoms in total. The molecule has 28 heavy (non-hydrogen) atoms. The summed E-state index contributed by atoms with van der Waals surface area (Å²) in [4.78, 5) is 14.4. The van der Waals surface area contributed by atoms with E-state index in [1.54, 1.807) is 0 Å². The van der Waals surface area contributed by atoms with Gasteiger partial charge < -0.3 is 9.84 Å². The average Bonchev–Trinajstić information content (AvgIpc) is 3.06. The Bertz CT molecular complexity index is 752. The van der Waals surface area contributed by atoms with E-state index in [0.717, 1.165) is 13.1 Å². The van der Waals surface area contributed by atoms with Crippen LogP contribution in [0.1, 0.15) is 37.8 Å². The molecule has 2 aromatic rings. The minimum Gasteiger partial charge on any atom is -0.462 e. The van der Waals surface area contributed by atoms with Crippen LogP contribution < -0.4 is 0 Å². The molecule has 1 heterocycles. The van der Waals surface area contributed by atoms with Gasteiger partial charge in [0, 0.05) is 31.1 Å². The first-order chi connectivity index (χ1) is 13.4. The Hall–Kier alpha value is -2.43. The van der Waals surface area contributed by atoms with E-state index < -0.39 is 5.60 Å². The van der Waals surface area contributed by atoms with E-state index in [1.165, 1.54) is 11.1 Å². The van der Waals surface area contributed by atoms with Crippen molar-refractivity contribution in [1.82, 2.24) is 4.90 Å². The van der Waals surface area contributed by atoms with Crippen LogP contribution in [-0.2, 0) is 22.6 Å². The predicted octanol–water partition coefficient (Wildman–Crippen LogP) is 4.09. The molecule has 3 rings (SSSR count). The van der Waals surface area contributed by atoms with Crippen LogP contribution in [0.4, 0.5) is 0 Å². The van der Waals surface area contributed by atoms with Crippen molar-refractivity contribution < 1.29 is 14.6 Å². The standard InChI is InChI=1S/C24H29NO3/c1-24(2,27)16-22(15-21-13-14-28-23(21)26)25(17-19-9-5-3-6-10-19)18-20-11-7-4-8-12-20/h3-12,15,22,27H,13-14,16-18H2,1-2H3/b21-15+. The SMILES string of the molecule is CC(C)(O)CC(/C=C1\CCOC1=O)N(Cc1ccccc1)Cc1ccccc1. The van der Waals surface area contributed by atoms with Crippen LogP contribution in [0.15, 0.2) is 72.3 Å². The first kappa shape index (κ1) is 20.3. The number of cyclic esters (lactones) is 1. The van der Waals surface area contributed by atoms with Crippen molar-refractivity contribution in [3.05, 3.63) is 83.4 Å². The molecule has 1 fully saturated rings. The maximum absolute atomic E-state index is 12.0. The van der Waals surface area contributed by atoms with Crippen molar-refractivity contribution in [3.8, 4) is 0 Å². The lowest BCUT2D eigenvalue weighted by Crippen LogP contribution is -2.39. The molecule has 2 aromatic carbocycles. The van der Waals surface area contributed by atoms with E-state index in [1.807, 2.05) is 56.3 Å². The number of aliphatic hydroxyl groups is 1. The van der Waals surface area contributed by atoms with Gasteiger partial charge >= 0.3 is 5.97 Å². The van der Waals surface area contributed by atoms with Gasteiger partial charge in [-0.1, -0.05) is 66.7 Å². The summed E-state index contributed by atoms with van der Waals surface area (Å²) < 4.78 is 5.12. The molecule has 0 spiro atoms. The molecular formula is C24H29NO3. The Balaban J connectivity index is 1.92. The molecule has 0 amide bonds. The number of carbonyl (C=O) groups is 1. The highest BCUT2D eigenvalue weighted by molar-refractivity contribution is 5.90. The quantitative estimate of drug-likeness (QED) is 0.554. The maximum Gasteiger partial charge on any atom is 0.333 e. The first-order valence-corrected chi connectivity index (χ1v) is 9.83. The van der Waals surface area contributed by atoms with E-state index in [9.17, 15) is 9.90 Å². The Labute approximate surface area is 167 Å². The number of nitrogens with zero attached hydrogens (tertiary/aromatic N) is 1. The van der Waals surface area contributed by atoms with Crippen molar-refractivity contribution in [2.24, 2.45) is 0 Å². The fourth-order valence-corrected chi connectivity index (χ4v) is 3.56. The summed E-state index contributed by atoms with van der Waals surface area (Å²) >= 11 is 0. The minimum atomic E-state index is -0.851. The maximum atomic E-state index is 12.0. The van der Waals surface area contributed by atoms with E-state index >= 15 is 0 Å². The highest BCUT2D eigenvalue weighted by Crippen LogP contribution is 2.25. The van der Waals surface area contributed by atoms with Gasteiger partial charge in [0.15, 0.2) is 0 Å². The second-order valence-electron chi connectivity index (χ2n) is 8.04. The third-order valence-electron chi connectivity index (χ3n) is 4.89. The number of esters is 1. The third-order valence-corrected chi connectivity index (χ3v) is 4.89. The van der Waals surface area contributed by atoms with Crippen molar-refractivity contribution in [1.29, 1.82) is 0 Å². The molecule has 0 radical (unpaired) electrons. The topological polar surface area (TPSA) is 49.8 Å². The summed E-state index contributed by atoms with van der Waals surface area (Å²) in [5.74, 6) is -0.236. The summed E-state index contributed by atoms with van der Waals surface area (Å²) in [6, 6.07) is 20.5. The van der Waals surface area contributed by atoms with Crippen molar-refractivity contribution >= 4 is 5.97 Å². The molecule has 1 atom stereocenters. The lowest BCUT2D eigenvalue weighted by atomic mass is 9.95. The Morgan fingerprint density at radius 3 is 2.00 bits per heavy atom. The highest BCUT2D eigenvalue weighted by Gasteiger charge is 2.28. The molecule has 1 unspecified atom stereocenters. The zero-order chi connectivity index (χ0) is 20.0. The van der Waals surface area contributed by atoms with Crippen LogP contribution in [0.3, 0.4) is 0 Å². The lowest BCUT2D eigenvalue weighted by molar-refractivity contribution is -0.135. The van der Waals surface area contributed by atoms with Crippen molar-refractivity contribution in [3.63, 3.8) is 0 Å². The molecule has 148 valence electrons. The van der Waals surface area contributed by atoms with Crippen LogP contribution in [0.5, 0.6) is 0 Å². The molecule has 0 aromatic heterocycles. The molecule has 1 N–H and O–H groups in total. The number of benzene rings is 2. The molecular weight excluding hydrogens is 350 g/mol. The summed E-state index contributed by atoms with van der Waals surface area (Å²) in [6.07, 6.45) is 3.16. The van der Waals surface area contributed by atoms with E-state index in [0.29, 0.717) is 25.0 Å². The van der Waals surface area contributed by atoms with Crippen molar-refractivity contribution in [2.75, 3.05) is 6.61 Å². The number of rotatable bonds is 8. The molecule has 0 saturated carbocycles. The van der Waals surface area contributed by atoms with Gasteiger partial charge in [0.2, 0.25) is 0 Å². The number of hydrogen-bond acceptors (Lipinski definition) is 4. The van der Waals surface area contributed by atoms with Gasteiger partial charge in [-0.2, -0.15) is 0 Å². The van der Waals surface area contributed by atoms with E-state index in [-0.39, 0.29) is 12.0 Å². The molecule has 4 heteroatoms. The van der Waals surface area contributed by atoms with Crippen LogP contribution >= 0.6 is 0 Å². The van der Waals surface area contributed by atoms with Gasteiger partial charge in [0.05, 0.1) is 12.2 Å². The van der Waals surface area contributed by atoms with Gasteiger partial charge in [0.1, 0.15) is 0 Å². The number of hydrogen-bond donors (Lipinski definition) is 1. The zero-order valence-electron chi connectivity index (χ0n) is 16.7. The summed E-state index contributed by atoms with van der Waals surface area (Å²) in [5.41, 5.74) is 2.26. The van der Waals surface area contributed by atoms with Gasteiger partial charge in [-0.05, 0) is 31.4 Å². The van der Waals surface area contributed by atoms with Crippen LogP contribution in [0.2, 0.25) is 0 Å². The summed E-state index contributed by atoms with van der Waals surface area (Å²) in [7, 11) is 0. The molecule has 0 bridgehead atoms. The lowest BCUT2D eigenvalue weighted by Gasteiger charge is -2.34. The van der Waals surface area contributed by atoms with Gasteiger partial charge in [-0.3, -0.25) is 4.90 Å². The largest absolute Gasteiger partial charge is 0.462 e. The fraction of sp³-hybridized carbons (Fsp3) is 0.375. The second-order valence-corrected chi connectivity index (χ2v) is 8.04. The smallest absolute Gasteiger partial charge is 0.333 e. The van der Waals surface area contributed by atoms with E-state index in [4.69, 9.17) is 4.74 Å². The van der Waals surface area contributed by atoms with Gasteiger partial charge in [0.25, 0.3) is 0 Å². The van der Waals surface area contributed by atoms with Crippen LogP contribution in [0.25, 0.3) is 0 Å². The highest BCUT2D eigenvalue weighted by atomic mass is 16.5. The van der Waals surface area contributed by atoms with Crippen LogP contribution in [0, 0.1) is 0 Å². The van der Waals surface area contributed by atoms with Crippen LogP contribution in [-0.4, -0.2) is 34.2 Å². The molecule has 1 aliphatic heterocycles. The predicted molar refractivity (Wildman–Crippen MR) is 110 cm³/mol. The second kappa shape index (κ2) is 9.18. The Kier molecular flexibility index (Phi) is 6.65. The van der Waals surface area contributed by atoms with Crippen molar-refractivity contribution in [2.45, 2.75) is 51.4 Å². The van der Waals surface area contributed by atoms with Gasteiger partial charge in [-0.25, -0.2) is 4.79 Å². The normalized spacial score (nSPS) is 17.1. The van der Waals surface area contributed by atoms with E-state index in [2.05, 4.69) is 29.2 Å². The first-order valence-electron chi connectivity index (χ1n) is 9.83. The zero-order valence-corrected chi connectivity index (χ0v) is 16.7. The average molecular weight is 380 g/mol. The fourth-order valence-electron chi connectivity index (χ4n) is 3.56. The van der Waals surface area contributed by atoms with Gasteiger partial charge in [-0.15, -0.1) is 0 Å². The Morgan fingerprint density at radius 2 is 1.57 bits per heavy atom. The monoisotopic (exact) mass is 379 g/mol. The summed E-state index contributed by atoms with van der Waals surface area (Å²) in [5, 5.41) is 10.5. The summed E-state index contributed by atoms with van der Waals surface area (Å²) in [6.45, 7) is 5.53. The Morgan fingerprint density at radius 1 is 1.04 bits per heavy atom. The minimum absolute atomic E-state index is 0.0823. The molecule has 1 aliphatic rings. The third kappa shape index (κ3) is 6.04. The number of ether oxygens (including phenoxy) is 1. The number of carbonyl (C=O) groups excluding carboxylic acids is 1. The molecule has 1 saturated heterocycles.